The highest BCUT2D eigenvalue weighted by molar-refractivity contribution is 5.54. The summed E-state index contributed by atoms with van der Waals surface area (Å²) in [5.74, 6) is 2.23. The molecule has 0 spiro atoms. The average Bonchev–Trinajstić information content (AvgIpc) is 2.84. The van der Waals surface area contributed by atoms with E-state index in [0.29, 0.717) is 19.1 Å². The smallest absolute Gasteiger partial charge is 0.125 e. The summed E-state index contributed by atoms with van der Waals surface area (Å²) in [5, 5.41) is 18.6. The Balaban J connectivity index is 2.74. The zero-order valence-electron chi connectivity index (χ0n) is 21.8. The van der Waals surface area contributed by atoms with Gasteiger partial charge in [0.05, 0.1) is 13.2 Å². The number of hydrogen-bond donors (Lipinski definition) is 2. The van der Waals surface area contributed by atoms with Gasteiger partial charge < -0.3 is 19.7 Å². The Morgan fingerprint density at radius 2 is 0.970 bits per heavy atom. The van der Waals surface area contributed by atoms with Crippen LogP contribution in [0.15, 0.2) is 24.3 Å². The van der Waals surface area contributed by atoms with Crippen LogP contribution in [0.4, 0.5) is 0 Å². The van der Waals surface area contributed by atoms with E-state index in [0.717, 1.165) is 37.2 Å². The highest BCUT2D eigenvalue weighted by Crippen LogP contribution is 2.44. The van der Waals surface area contributed by atoms with Gasteiger partial charge in [0.1, 0.15) is 24.7 Å². The minimum Gasteiger partial charge on any atom is -0.491 e. The second-order valence-corrected chi connectivity index (χ2v) is 9.16. The lowest BCUT2D eigenvalue weighted by Crippen LogP contribution is -2.31. The summed E-state index contributed by atoms with van der Waals surface area (Å²) in [6.45, 7) is 16.2. The maximum absolute atomic E-state index is 9.29. The number of benzene rings is 2. The van der Waals surface area contributed by atoms with Crippen LogP contribution in [0.25, 0.3) is 0 Å². The van der Waals surface area contributed by atoms with Gasteiger partial charge in [0.2, 0.25) is 0 Å². The van der Waals surface area contributed by atoms with Crippen molar-refractivity contribution in [2.75, 3.05) is 26.4 Å². The first kappa shape index (κ1) is 27.2. The molecular weight excluding hydrogens is 412 g/mol. The van der Waals surface area contributed by atoms with Gasteiger partial charge in [0, 0.05) is 5.41 Å². The fourth-order valence-electron chi connectivity index (χ4n) is 4.66. The summed E-state index contributed by atoms with van der Waals surface area (Å²) in [5.41, 5.74) is 7.19. The molecule has 0 saturated heterocycles. The van der Waals surface area contributed by atoms with Gasteiger partial charge in [-0.15, -0.1) is 0 Å². The molecule has 0 atom stereocenters. The Hall–Kier alpha value is -2.04. The molecule has 0 aromatic heterocycles. The molecule has 2 aromatic carbocycles. The van der Waals surface area contributed by atoms with E-state index in [2.05, 4.69) is 72.7 Å². The Morgan fingerprint density at radius 1 is 0.667 bits per heavy atom. The van der Waals surface area contributed by atoms with Crippen LogP contribution in [0.2, 0.25) is 0 Å². The van der Waals surface area contributed by atoms with Crippen molar-refractivity contribution < 1.29 is 19.7 Å². The van der Waals surface area contributed by atoms with Crippen LogP contribution in [0.1, 0.15) is 81.8 Å². The van der Waals surface area contributed by atoms with Gasteiger partial charge in [-0.3, -0.25) is 0 Å². The molecule has 4 nitrogen and oxygen atoms in total. The van der Waals surface area contributed by atoms with Crippen molar-refractivity contribution in [2.24, 2.45) is 5.92 Å². The van der Waals surface area contributed by atoms with E-state index < -0.39 is 0 Å². The van der Waals surface area contributed by atoms with Crippen molar-refractivity contribution in [3.8, 4) is 11.5 Å². The first-order valence-corrected chi connectivity index (χ1v) is 12.6. The van der Waals surface area contributed by atoms with E-state index in [1.165, 1.54) is 33.4 Å². The topological polar surface area (TPSA) is 58.9 Å². The first-order chi connectivity index (χ1) is 15.8. The summed E-state index contributed by atoms with van der Waals surface area (Å²) in [7, 11) is 0. The quantitative estimate of drug-likeness (QED) is 0.409. The van der Waals surface area contributed by atoms with Gasteiger partial charge in [0.15, 0.2) is 0 Å². The molecule has 0 amide bonds. The van der Waals surface area contributed by atoms with Crippen LogP contribution < -0.4 is 9.47 Å². The standard InChI is InChI=1S/C29H44O4/c1-8-21-16-25(17-22(9-2)27(21)32-14-12-30)29(7,20(5)6)26-18-23(10-3)28(33-15-13-31)24(11-4)19-26/h16-20,30-31H,8-15H2,1-7H3. The normalized spacial score (nSPS) is 11.8. The number of aliphatic hydroxyl groups is 2. The summed E-state index contributed by atoms with van der Waals surface area (Å²) in [6, 6.07) is 9.22. The molecule has 0 aliphatic rings. The van der Waals surface area contributed by atoms with Crippen LogP contribution in [-0.2, 0) is 31.1 Å². The van der Waals surface area contributed by atoms with Crippen LogP contribution in [0.5, 0.6) is 11.5 Å². The predicted molar refractivity (Wildman–Crippen MR) is 137 cm³/mol. The van der Waals surface area contributed by atoms with Gasteiger partial charge in [-0.1, -0.05) is 72.7 Å². The van der Waals surface area contributed by atoms with E-state index in [4.69, 9.17) is 9.47 Å². The molecule has 0 aliphatic carbocycles. The third kappa shape index (κ3) is 5.73. The maximum Gasteiger partial charge on any atom is 0.125 e. The Kier molecular flexibility index (Phi) is 10.2. The number of ether oxygens (including phenoxy) is 2. The minimum absolute atomic E-state index is 0.0159. The molecular formula is C29H44O4. The molecule has 0 fully saturated rings. The molecule has 33 heavy (non-hydrogen) atoms. The summed E-state index contributed by atoms with van der Waals surface area (Å²) in [6.07, 6.45) is 3.52. The largest absolute Gasteiger partial charge is 0.491 e. The first-order valence-electron chi connectivity index (χ1n) is 12.6. The Morgan fingerprint density at radius 3 is 1.18 bits per heavy atom. The monoisotopic (exact) mass is 456 g/mol. The van der Waals surface area contributed by atoms with Gasteiger partial charge in [0.25, 0.3) is 0 Å². The van der Waals surface area contributed by atoms with Crippen molar-refractivity contribution >= 4 is 0 Å². The molecule has 0 saturated carbocycles. The average molecular weight is 457 g/mol. The molecule has 4 heteroatoms. The van der Waals surface area contributed by atoms with Crippen molar-refractivity contribution in [1.29, 1.82) is 0 Å². The molecule has 0 unspecified atom stereocenters. The van der Waals surface area contributed by atoms with Crippen LogP contribution in [0.3, 0.4) is 0 Å². The third-order valence-electron chi connectivity index (χ3n) is 7.04. The van der Waals surface area contributed by atoms with Gasteiger partial charge in [-0.2, -0.15) is 0 Å². The van der Waals surface area contributed by atoms with Crippen molar-refractivity contribution in [1.82, 2.24) is 0 Å². The number of rotatable bonds is 13. The van der Waals surface area contributed by atoms with Crippen molar-refractivity contribution in [2.45, 2.75) is 79.6 Å². The number of aliphatic hydroxyl groups excluding tert-OH is 2. The zero-order chi connectivity index (χ0) is 24.6. The van der Waals surface area contributed by atoms with Crippen LogP contribution in [-0.4, -0.2) is 36.6 Å². The second-order valence-electron chi connectivity index (χ2n) is 9.16. The predicted octanol–water partition coefficient (Wildman–Crippen LogP) is 5.64. The molecule has 2 aromatic rings. The number of hydrogen-bond acceptors (Lipinski definition) is 4. The Labute approximate surface area is 201 Å². The molecule has 2 N–H and O–H groups in total. The molecule has 0 heterocycles. The SMILES string of the molecule is CCc1cc(C(C)(c2cc(CC)c(OCCO)c(CC)c2)C(C)C)cc(CC)c1OCCO. The van der Waals surface area contributed by atoms with Crippen LogP contribution >= 0.6 is 0 Å². The van der Waals surface area contributed by atoms with Gasteiger partial charge >= 0.3 is 0 Å². The highest BCUT2D eigenvalue weighted by Gasteiger charge is 2.35. The zero-order valence-corrected chi connectivity index (χ0v) is 21.8. The van der Waals surface area contributed by atoms with E-state index in [1.807, 2.05) is 0 Å². The Bertz CT molecular complexity index is 783. The van der Waals surface area contributed by atoms with Gasteiger partial charge in [-0.25, -0.2) is 0 Å². The minimum atomic E-state index is -0.188. The summed E-state index contributed by atoms with van der Waals surface area (Å²) < 4.78 is 11.9. The van der Waals surface area contributed by atoms with E-state index in [9.17, 15) is 10.2 Å². The molecule has 0 aliphatic heterocycles. The maximum atomic E-state index is 9.29. The van der Waals surface area contributed by atoms with Gasteiger partial charge in [-0.05, 0) is 65.0 Å². The molecule has 0 radical (unpaired) electrons. The van der Waals surface area contributed by atoms with E-state index in [-0.39, 0.29) is 18.6 Å². The third-order valence-corrected chi connectivity index (χ3v) is 7.04. The summed E-state index contributed by atoms with van der Waals surface area (Å²) in [4.78, 5) is 0. The lowest BCUT2D eigenvalue weighted by atomic mass is 9.67. The lowest BCUT2D eigenvalue weighted by Gasteiger charge is -2.37. The van der Waals surface area contributed by atoms with Crippen molar-refractivity contribution in [3.05, 3.63) is 57.6 Å². The molecule has 0 bridgehead atoms. The molecule has 184 valence electrons. The van der Waals surface area contributed by atoms with E-state index in [1.54, 1.807) is 0 Å². The van der Waals surface area contributed by atoms with Crippen LogP contribution in [0, 0.1) is 5.92 Å². The number of aryl methyl sites for hydroxylation is 4. The second kappa shape index (κ2) is 12.4. The highest BCUT2D eigenvalue weighted by atomic mass is 16.5. The fourth-order valence-corrected chi connectivity index (χ4v) is 4.66. The molecule has 2 rings (SSSR count). The van der Waals surface area contributed by atoms with E-state index >= 15 is 0 Å². The lowest BCUT2D eigenvalue weighted by molar-refractivity contribution is 0.199. The summed E-state index contributed by atoms with van der Waals surface area (Å²) >= 11 is 0. The fraction of sp³-hybridized carbons (Fsp3) is 0.586. The van der Waals surface area contributed by atoms with Crippen molar-refractivity contribution in [3.63, 3.8) is 0 Å².